The molecule has 0 bridgehead atoms. The van der Waals surface area contributed by atoms with Crippen molar-refractivity contribution in [2.24, 2.45) is 0 Å². The lowest BCUT2D eigenvalue weighted by Crippen LogP contribution is -2.23. The first-order valence-electron chi connectivity index (χ1n) is 5.93. The summed E-state index contributed by atoms with van der Waals surface area (Å²) in [6.45, 7) is 0.583. The minimum absolute atomic E-state index is 0.0134. The van der Waals surface area contributed by atoms with Crippen LogP contribution in [-0.2, 0) is 11.4 Å². The Labute approximate surface area is 120 Å². The highest BCUT2D eigenvalue weighted by molar-refractivity contribution is 9.10. The van der Waals surface area contributed by atoms with E-state index >= 15 is 0 Å². The standard InChI is InChI=1S/C15H14BrNO2/c16-14-9-5-4-8-13(14)15(18)10-17-19-11-12-6-2-1-3-7-12/h1-9,17H,10-11H2. The van der Waals surface area contributed by atoms with Crippen LogP contribution in [0.15, 0.2) is 59.1 Å². The van der Waals surface area contributed by atoms with Crippen LogP contribution in [-0.4, -0.2) is 12.3 Å². The lowest BCUT2D eigenvalue weighted by atomic mass is 10.1. The quantitative estimate of drug-likeness (QED) is 0.504. The maximum absolute atomic E-state index is 11.9. The molecule has 4 heteroatoms. The Morgan fingerprint density at radius 1 is 1.05 bits per heavy atom. The van der Waals surface area contributed by atoms with Crippen LogP contribution in [0.4, 0.5) is 0 Å². The number of benzene rings is 2. The molecule has 0 saturated carbocycles. The van der Waals surface area contributed by atoms with Gasteiger partial charge in [0, 0.05) is 10.0 Å². The van der Waals surface area contributed by atoms with Gasteiger partial charge in [-0.15, -0.1) is 0 Å². The maximum atomic E-state index is 11.9. The lowest BCUT2D eigenvalue weighted by molar-refractivity contribution is 0.0283. The summed E-state index contributed by atoms with van der Waals surface area (Å²) >= 11 is 3.35. The number of halogens is 1. The number of hydrogen-bond donors (Lipinski definition) is 1. The molecule has 0 aliphatic rings. The van der Waals surface area contributed by atoms with Crippen LogP contribution in [0.25, 0.3) is 0 Å². The lowest BCUT2D eigenvalue weighted by Gasteiger charge is -2.06. The molecular formula is C15H14BrNO2. The Kier molecular flexibility index (Phi) is 5.27. The minimum atomic E-state index is -0.0134. The Bertz CT molecular complexity index is 543. The normalized spacial score (nSPS) is 10.4. The number of Topliss-reactive ketones (excluding diaryl/α,β-unsaturated/α-hetero) is 1. The first-order chi connectivity index (χ1) is 9.27. The average molecular weight is 320 g/mol. The minimum Gasteiger partial charge on any atom is -0.297 e. The number of carbonyl (C=O) groups excluding carboxylic acids is 1. The van der Waals surface area contributed by atoms with Crippen molar-refractivity contribution in [2.45, 2.75) is 6.61 Å². The Morgan fingerprint density at radius 2 is 1.74 bits per heavy atom. The van der Waals surface area contributed by atoms with Crippen LogP contribution >= 0.6 is 15.9 Å². The SMILES string of the molecule is O=C(CNOCc1ccccc1)c1ccccc1Br. The van der Waals surface area contributed by atoms with Gasteiger partial charge in [-0.1, -0.05) is 64.5 Å². The Morgan fingerprint density at radius 3 is 2.47 bits per heavy atom. The first kappa shape index (κ1) is 13.9. The van der Waals surface area contributed by atoms with Gasteiger partial charge in [-0.05, 0) is 11.6 Å². The third-order valence-electron chi connectivity index (χ3n) is 2.59. The zero-order chi connectivity index (χ0) is 13.5. The van der Waals surface area contributed by atoms with E-state index in [4.69, 9.17) is 4.84 Å². The van der Waals surface area contributed by atoms with Gasteiger partial charge in [-0.25, -0.2) is 0 Å². The molecule has 2 aromatic carbocycles. The maximum Gasteiger partial charge on any atom is 0.180 e. The van der Waals surface area contributed by atoms with Crippen LogP contribution in [0.5, 0.6) is 0 Å². The molecule has 98 valence electrons. The van der Waals surface area contributed by atoms with Gasteiger partial charge in [0.2, 0.25) is 0 Å². The van der Waals surface area contributed by atoms with Gasteiger partial charge < -0.3 is 0 Å². The van der Waals surface area contributed by atoms with Gasteiger partial charge in [0.1, 0.15) is 0 Å². The molecule has 2 rings (SSSR count). The van der Waals surface area contributed by atoms with Crippen LogP contribution in [0.2, 0.25) is 0 Å². The van der Waals surface area contributed by atoms with E-state index in [1.807, 2.05) is 48.5 Å². The third kappa shape index (κ3) is 4.28. The molecule has 19 heavy (non-hydrogen) atoms. The van der Waals surface area contributed by atoms with Crippen molar-refractivity contribution in [2.75, 3.05) is 6.54 Å². The van der Waals surface area contributed by atoms with Crippen molar-refractivity contribution in [3.63, 3.8) is 0 Å². The zero-order valence-corrected chi connectivity index (χ0v) is 11.9. The van der Waals surface area contributed by atoms with Crippen molar-refractivity contribution in [1.29, 1.82) is 0 Å². The monoisotopic (exact) mass is 319 g/mol. The van der Waals surface area contributed by atoms with Crippen LogP contribution in [0.3, 0.4) is 0 Å². The predicted octanol–water partition coefficient (Wildman–Crippen LogP) is 3.35. The van der Waals surface area contributed by atoms with Gasteiger partial charge in [0.15, 0.2) is 5.78 Å². The molecule has 0 aromatic heterocycles. The molecular weight excluding hydrogens is 306 g/mol. The number of rotatable bonds is 6. The summed E-state index contributed by atoms with van der Waals surface area (Å²) in [5, 5.41) is 0. The molecule has 2 aromatic rings. The summed E-state index contributed by atoms with van der Waals surface area (Å²) in [6.07, 6.45) is 0. The molecule has 0 unspecified atom stereocenters. The molecule has 3 nitrogen and oxygen atoms in total. The van der Waals surface area contributed by atoms with Crippen molar-refractivity contribution < 1.29 is 9.63 Å². The van der Waals surface area contributed by atoms with Crippen molar-refractivity contribution in [1.82, 2.24) is 5.48 Å². The zero-order valence-electron chi connectivity index (χ0n) is 10.3. The predicted molar refractivity (Wildman–Crippen MR) is 77.7 cm³/mol. The fourth-order valence-electron chi connectivity index (χ4n) is 1.61. The smallest absolute Gasteiger partial charge is 0.180 e. The summed E-state index contributed by atoms with van der Waals surface area (Å²) in [5.74, 6) is -0.0134. The van der Waals surface area contributed by atoms with Crippen LogP contribution in [0, 0.1) is 0 Å². The molecule has 0 aliphatic carbocycles. The molecule has 0 radical (unpaired) electrons. The van der Waals surface area contributed by atoms with E-state index in [9.17, 15) is 4.79 Å². The topological polar surface area (TPSA) is 38.3 Å². The molecule has 0 heterocycles. The summed E-state index contributed by atoms with van der Waals surface area (Å²) in [6, 6.07) is 17.1. The van der Waals surface area contributed by atoms with E-state index in [0.29, 0.717) is 12.2 Å². The van der Waals surface area contributed by atoms with Crippen LogP contribution in [0.1, 0.15) is 15.9 Å². The molecule has 0 saturated heterocycles. The second kappa shape index (κ2) is 7.19. The molecule has 1 N–H and O–H groups in total. The summed E-state index contributed by atoms with van der Waals surface area (Å²) in [7, 11) is 0. The molecule has 0 spiro atoms. The second-order valence-corrected chi connectivity index (χ2v) is 4.85. The number of nitrogens with one attached hydrogen (secondary N) is 1. The summed E-state index contributed by atoms with van der Waals surface area (Å²) < 4.78 is 0.796. The largest absolute Gasteiger partial charge is 0.297 e. The summed E-state index contributed by atoms with van der Waals surface area (Å²) in [4.78, 5) is 17.2. The number of hydrogen-bond acceptors (Lipinski definition) is 3. The van der Waals surface area contributed by atoms with Crippen LogP contribution < -0.4 is 5.48 Å². The summed E-state index contributed by atoms with van der Waals surface area (Å²) in [5.41, 5.74) is 4.40. The van der Waals surface area contributed by atoms with E-state index in [1.54, 1.807) is 6.07 Å². The number of hydroxylamine groups is 1. The van der Waals surface area contributed by atoms with Crippen molar-refractivity contribution >= 4 is 21.7 Å². The molecule has 0 fully saturated rings. The van der Waals surface area contributed by atoms with Gasteiger partial charge in [0.05, 0.1) is 13.2 Å². The number of carbonyl (C=O) groups is 1. The number of ketones is 1. The molecule has 0 atom stereocenters. The highest BCUT2D eigenvalue weighted by Crippen LogP contribution is 2.15. The average Bonchev–Trinajstić information content (AvgIpc) is 2.45. The highest BCUT2D eigenvalue weighted by atomic mass is 79.9. The van der Waals surface area contributed by atoms with E-state index in [0.717, 1.165) is 10.0 Å². The Hall–Kier alpha value is -1.49. The van der Waals surface area contributed by atoms with Gasteiger partial charge in [0.25, 0.3) is 0 Å². The highest BCUT2D eigenvalue weighted by Gasteiger charge is 2.08. The fraction of sp³-hybridized carbons (Fsp3) is 0.133. The van der Waals surface area contributed by atoms with E-state index in [1.165, 1.54) is 0 Å². The van der Waals surface area contributed by atoms with E-state index in [-0.39, 0.29) is 12.3 Å². The fourth-order valence-corrected chi connectivity index (χ4v) is 2.11. The van der Waals surface area contributed by atoms with Crippen molar-refractivity contribution in [3.05, 3.63) is 70.2 Å². The first-order valence-corrected chi connectivity index (χ1v) is 6.73. The van der Waals surface area contributed by atoms with Gasteiger partial charge in [-0.3, -0.25) is 9.63 Å². The third-order valence-corrected chi connectivity index (χ3v) is 3.28. The van der Waals surface area contributed by atoms with E-state index < -0.39 is 0 Å². The van der Waals surface area contributed by atoms with Gasteiger partial charge in [-0.2, -0.15) is 5.48 Å². The molecule has 0 aliphatic heterocycles. The van der Waals surface area contributed by atoms with Gasteiger partial charge >= 0.3 is 0 Å². The van der Waals surface area contributed by atoms with Crippen molar-refractivity contribution in [3.8, 4) is 0 Å². The van der Waals surface area contributed by atoms with E-state index in [2.05, 4.69) is 21.4 Å². The Balaban J connectivity index is 1.77. The second-order valence-electron chi connectivity index (χ2n) is 4.00. The molecule has 0 amide bonds.